The second-order valence-corrected chi connectivity index (χ2v) is 3.87. The minimum absolute atomic E-state index is 0.0220. The fourth-order valence-corrected chi connectivity index (χ4v) is 1.37. The van der Waals surface area contributed by atoms with Crippen molar-refractivity contribution < 1.29 is 19.4 Å². The number of aliphatic hydroxyl groups is 1. The van der Waals surface area contributed by atoms with Gasteiger partial charge in [0, 0.05) is 11.6 Å². The molecule has 18 heavy (non-hydrogen) atoms. The van der Waals surface area contributed by atoms with Crippen LogP contribution < -0.4 is 10.1 Å². The van der Waals surface area contributed by atoms with Gasteiger partial charge in [-0.15, -0.1) is 0 Å². The minimum Gasteiger partial charge on any atom is -0.484 e. The predicted octanol–water partition coefficient (Wildman–Crippen LogP) is 0.844. The lowest BCUT2D eigenvalue weighted by molar-refractivity contribution is -0.123. The molecule has 0 radical (unpaired) electrons. The molecule has 1 aromatic carbocycles. The van der Waals surface area contributed by atoms with E-state index in [9.17, 15) is 4.79 Å². The molecule has 1 rings (SSSR count). The topological polar surface area (TPSA) is 67.8 Å². The molecule has 100 valence electrons. The number of aliphatic hydroxyl groups excluding tert-OH is 1. The van der Waals surface area contributed by atoms with Gasteiger partial charge in [-0.05, 0) is 18.2 Å². The number of benzene rings is 1. The maximum absolute atomic E-state index is 11.4. The van der Waals surface area contributed by atoms with Crippen molar-refractivity contribution in [2.24, 2.45) is 0 Å². The first-order valence-corrected chi connectivity index (χ1v) is 5.94. The van der Waals surface area contributed by atoms with Crippen LogP contribution in [0.2, 0.25) is 5.02 Å². The van der Waals surface area contributed by atoms with Crippen molar-refractivity contribution in [1.29, 1.82) is 0 Å². The Hall–Kier alpha value is -1.30. The van der Waals surface area contributed by atoms with E-state index in [1.165, 1.54) is 0 Å². The number of amides is 1. The first-order chi connectivity index (χ1) is 8.72. The Morgan fingerprint density at radius 2 is 2.22 bits per heavy atom. The van der Waals surface area contributed by atoms with Gasteiger partial charge < -0.3 is 19.9 Å². The molecule has 0 unspecified atom stereocenters. The second kappa shape index (κ2) is 8.74. The lowest BCUT2D eigenvalue weighted by Gasteiger charge is -2.07. The zero-order valence-corrected chi connectivity index (χ0v) is 10.7. The maximum atomic E-state index is 11.4. The zero-order valence-electron chi connectivity index (χ0n) is 9.89. The molecule has 6 heteroatoms. The second-order valence-electron chi connectivity index (χ2n) is 3.43. The number of carbonyl (C=O) groups is 1. The van der Waals surface area contributed by atoms with E-state index in [0.717, 1.165) is 0 Å². The van der Waals surface area contributed by atoms with Crippen LogP contribution in [0.4, 0.5) is 0 Å². The summed E-state index contributed by atoms with van der Waals surface area (Å²) in [4.78, 5) is 11.4. The number of hydrogen-bond donors (Lipinski definition) is 2. The summed E-state index contributed by atoms with van der Waals surface area (Å²) in [5.74, 6) is 0.316. The highest BCUT2D eigenvalue weighted by molar-refractivity contribution is 6.30. The molecule has 0 bridgehead atoms. The van der Waals surface area contributed by atoms with Crippen molar-refractivity contribution in [2.75, 3.05) is 33.0 Å². The fraction of sp³-hybridized carbons (Fsp3) is 0.417. The van der Waals surface area contributed by atoms with E-state index in [-0.39, 0.29) is 25.7 Å². The first-order valence-electron chi connectivity index (χ1n) is 5.56. The summed E-state index contributed by atoms with van der Waals surface area (Å²) < 4.78 is 10.2. The Morgan fingerprint density at radius 3 is 2.94 bits per heavy atom. The Balaban J connectivity index is 2.13. The Bertz CT molecular complexity index is 373. The molecule has 0 saturated carbocycles. The van der Waals surface area contributed by atoms with E-state index < -0.39 is 0 Å². The summed E-state index contributed by atoms with van der Waals surface area (Å²) in [5, 5.41) is 11.6. The van der Waals surface area contributed by atoms with Crippen LogP contribution in [0.3, 0.4) is 0 Å². The SMILES string of the molecule is O=C(COc1cccc(Cl)c1)NCCOCCO. The molecule has 0 saturated heterocycles. The average Bonchev–Trinajstić information content (AvgIpc) is 2.36. The van der Waals surface area contributed by atoms with Gasteiger partial charge in [-0.1, -0.05) is 17.7 Å². The molecule has 1 aromatic rings. The van der Waals surface area contributed by atoms with Crippen LogP contribution >= 0.6 is 11.6 Å². The highest BCUT2D eigenvalue weighted by Gasteiger charge is 2.02. The molecule has 0 fully saturated rings. The Morgan fingerprint density at radius 1 is 1.39 bits per heavy atom. The summed E-state index contributed by atoms with van der Waals surface area (Å²) >= 11 is 5.77. The predicted molar refractivity (Wildman–Crippen MR) is 67.9 cm³/mol. The normalized spacial score (nSPS) is 10.1. The van der Waals surface area contributed by atoms with Gasteiger partial charge in [0.05, 0.1) is 19.8 Å². The molecule has 0 spiro atoms. The highest BCUT2D eigenvalue weighted by Crippen LogP contribution is 2.16. The summed E-state index contributed by atoms with van der Waals surface area (Å²) in [5.41, 5.74) is 0. The van der Waals surface area contributed by atoms with E-state index in [1.54, 1.807) is 24.3 Å². The quantitative estimate of drug-likeness (QED) is 0.689. The van der Waals surface area contributed by atoms with Gasteiger partial charge in [0.25, 0.3) is 5.91 Å². The molecule has 0 aliphatic carbocycles. The van der Waals surface area contributed by atoms with E-state index in [0.29, 0.717) is 23.9 Å². The molecule has 2 N–H and O–H groups in total. The van der Waals surface area contributed by atoms with Crippen LogP contribution in [0.15, 0.2) is 24.3 Å². The van der Waals surface area contributed by atoms with Crippen molar-refractivity contribution in [3.8, 4) is 5.75 Å². The fourth-order valence-electron chi connectivity index (χ4n) is 1.19. The Labute approximate surface area is 111 Å². The number of carbonyl (C=O) groups excluding carboxylic acids is 1. The van der Waals surface area contributed by atoms with Gasteiger partial charge in [-0.2, -0.15) is 0 Å². The number of rotatable bonds is 8. The smallest absolute Gasteiger partial charge is 0.258 e. The molecule has 5 nitrogen and oxygen atoms in total. The van der Waals surface area contributed by atoms with Crippen LogP contribution in [0.5, 0.6) is 5.75 Å². The maximum Gasteiger partial charge on any atom is 0.258 e. The van der Waals surface area contributed by atoms with Gasteiger partial charge in [0.1, 0.15) is 5.75 Å². The van der Waals surface area contributed by atoms with Crippen LogP contribution in [-0.4, -0.2) is 44.0 Å². The minimum atomic E-state index is -0.234. The van der Waals surface area contributed by atoms with Crippen molar-refractivity contribution in [3.05, 3.63) is 29.3 Å². The van der Waals surface area contributed by atoms with Gasteiger partial charge in [-0.3, -0.25) is 4.79 Å². The van der Waals surface area contributed by atoms with Crippen LogP contribution in [-0.2, 0) is 9.53 Å². The molecule has 0 atom stereocenters. The lowest BCUT2D eigenvalue weighted by Crippen LogP contribution is -2.31. The number of ether oxygens (including phenoxy) is 2. The first kappa shape index (κ1) is 14.8. The number of nitrogens with one attached hydrogen (secondary N) is 1. The number of halogens is 1. The third-order valence-corrected chi connectivity index (χ3v) is 2.21. The lowest BCUT2D eigenvalue weighted by atomic mass is 10.3. The van der Waals surface area contributed by atoms with Crippen LogP contribution in [0.1, 0.15) is 0 Å². The summed E-state index contributed by atoms with van der Waals surface area (Å²) in [6.45, 7) is 0.933. The zero-order chi connectivity index (χ0) is 13.2. The van der Waals surface area contributed by atoms with Crippen molar-refractivity contribution in [2.45, 2.75) is 0 Å². The van der Waals surface area contributed by atoms with Crippen LogP contribution in [0.25, 0.3) is 0 Å². The van der Waals surface area contributed by atoms with E-state index in [2.05, 4.69) is 5.32 Å². The summed E-state index contributed by atoms with van der Waals surface area (Å²) in [6, 6.07) is 6.84. The van der Waals surface area contributed by atoms with E-state index in [4.69, 9.17) is 26.2 Å². The highest BCUT2D eigenvalue weighted by atomic mass is 35.5. The van der Waals surface area contributed by atoms with Gasteiger partial charge in [0.15, 0.2) is 6.61 Å². The van der Waals surface area contributed by atoms with Crippen molar-refractivity contribution in [1.82, 2.24) is 5.32 Å². The molecular weight excluding hydrogens is 258 g/mol. The molecule has 1 amide bonds. The van der Waals surface area contributed by atoms with E-state index in [1.807, 2.05) is 0 Å². The van der Waals surface area contributed by atoms with E-state index >= 15 is 0 Å². The Kier molecular flexibility index (Phi) is 7.17. The van der Waals surface area contributed by atoms with Gasteiger partial charge in [0.2, 0.25) is 0 Å². The molecular formula is C12H16ClNO4. The third kappa shape index (κ3) is 6.44. The number of hydrogen-bond acceptors (Lipinski definition) is 4. The third-order valence-electron chi connectivity index (χ3n) is 1.97. The molecule has 0 aromatic heterocycles. The standard InChI is InChI=1S/C12H16ClNO4/c13-10-2-1-3-11(8-10)18-9-12(16)14-4-6-17-7-5-15/h1-3,8,15H,4-7,9H2,(H,14,16). The average molecular weight is 274 g/mol. The molecule has 0 aliphatic heterocycles. The summed E-state index contributed by atoms with van der Waals surface area (Å²) in [7, 11) is 0. The van der Waals surface area contributed by atoms with Crippen molar-refractivity contribution in [3.63, 3.8) is 0 Å². The summed E-state index contributed by atoms with van der Waals surface area (Å²) in [6.07, 6.45) is 0. The largest absolute Gasteiger partial charge is 0.484 e. The molecule has 0 heterocycles. The monoisotopic (exact) mass is 273 g/mol. The van der Waals surface area contributed by atoms with Gasteiger partial charge >= 0.3 is 0 Å². The van der Waals surface area contributed by atoms with Gasteiger partial charge in [-0.25, -0.2) is 0 Å². The van der Waals surface area contributed by atoms with Crippen molar-refractivity contribution >= 4 is 17.5 Å². The van der Waals surface area contributed by atoms with Crippen LogP contribution in [0, 0.1) is 0 Å². The molecule has 0 aliphatic rings.